The maximum Gasteiger partial charge on any atom is 0.340 e. The molecule has 0 bridgehead atoms. The third kappa shape index (κ3) is 3.95. The van der Waals surface area contributed by atoms with Gasteiger partial charge in [-0.1, -0.05) is 0 Å². The number of carbonyl (C=O) groups is 1. The summed E-state index contributed by atoms with van der Waals surface area (Å²) in [4.78, 5) is 15.9. The lowest BCUT2D eigenvalue weighted by atomic mass is 10.2. The van der Waals surface area contributed by atoms with E-state index in [-0.39, 0.29) is 0 Å². The van der Waals surface area contributed by atoms with Crippen LogP contribution in [-0.4, -0.2) is 33.9 Å². The van der Waals surface area contributed by atoms with E-state index in [1.165, 1.54) is 0 Å². The molecule has 3 N–H and O–H groups in total. The fraction of sp³-hybridized carbons (Fsp3) is 0.357. The topological polar surface area (TPSA) is 95.1 Å². The van der Waals surface area contributed by atoms with Crippen molar-refractivity contribution in [3.63, 3.8) is 0 Å². The number of aryl methyl sites for hydroxylation is 1. The standard InChI is InChI=1S/C14H19N5O2/c1-2-21-14(20)11-5-8-17-13(12(11)15)16-6-3-9-19-10-4-7-18-19/h4-5,7-8,10H,2-3,6,9,15H2,1H3,(H,16,17). The second kappa shape index (κ2) is 7.28. The van der Waals surface area contributed by atoms with Crippen molar-refractivity contribution in [3.05, 3.63) is 36.3 Å². The lowest BCUT2D eigenvalue weighted by Gasteiger charge is -2.11. The Morgan fingerprint density at radius 3 is 3.05 bits per heavy atom. The molecule has 0 aliphatic carbocycles. The van der Waals surface area contributed by atoms with Crippen molar-refractivity contribution in [1.82, 2.24) is 14.8 Å². The van der Waals surface area contributed by atoms with Gasteiger partial charge in [0.15, 0.2) is 0 Å². The first kappa shape index (κ1) is 14.8. The molecule has 0 saturated heterocycles. The van der Waals surface area contributed by atoms with Crippen LogP contribution in [0.5, 0.6) is 0 Å². The fourth-order valence-corrected chi connectivity index (χ4v) is 1.88. The molecule has 0 fully saturated rings. The summed E-state index contributed by atoms with van der Waals surface area (Å²) >= 11 is 0. The van der Waals surface area contributed by atoms with Gasteiger partial charge in [0, 0.05) is 31.7 Å². The second-order valence-corrected chi connectivity index (χ2v) is 4.39. The zero-order chi connectivity index (χ0) is 15.1. The first-order valence-corrected chi connectivity index (χ1v) is 6.85. The van der Waals surface area contributed by atoms with Crippen LogP contribution in [-0.2, 0) is 11.3 Å². The number of pyridine rings is 1. The Hall–Kier alpha value is -2.57. The second-order valence-electron chi connectivity index (χ2n) is 4.39. The van der Waals surface area contributed by atoms with Gasteiger partial charge in [-0.15, -0.1) is 0 Å². The predicted molar refractivity (Wildman–Crippen MR) is 79.9 cm³/mol. The molecule has 0 atom stereocenters. The normalized spacial score (nSPS) is 10.3. The highest BCUT2D eigenvalue weighted by Gasteiger charge is 2.14. The summed E-state index contributed by atoms with van der Waals surface area (Å²) in [5, 5.41) is 7.25. The van der Waals surface area contributed by atoms with E-state index in [1.807, 2.05) is 16.9 Å². The van der Waals surface area contributed by atoms with Gasteiger partial charge in [-0.2, -0.15) is 5.10 Å². The Morgan fingerprint density at radius 2 is 2.33 bits per heavy atom. The summed E-state index contributed by atoms with van der Waals surface area (Å²) < 4.78 is 6.81. The number of nitrogens with zero attached hydrogens (tertiary/aromatic N) is 3. The largest absolute Gasteiger partial charge is 0.462 e. The molecule has 21 heavy (non-hydrogen) atoms. The fourth-order valence-electron chi connectivity index (χ4n) is 1.88. The maximum absolute atomic E-state index is 11.7. The molecule has 7 nitrogen and oxygen atoms in total. The lowest BCUT2D eigenvalue weighted by Crippen LogP contribution is -2.13. The van der Waals surface area contributed by atoms with E-state index < -0.39 is 5.97 Å². The quantitative estimate of drug-likeness (QED) is 0.593. The number of esters is 1. The van der Waals surface area contributed by atoms with Crippen LogP contribution in [0.4, 0.5) is 11.5 Å². The number of rotatable bonds is 7. The Kier molecular flexibility index (Phi) is 5.14. The molecule has 0 radical (unpaired) electrons. The van der Waals surface area contributed by atoms with Gasteiger partial charge in [0.1, 0.15) is 5.82 Å². The van der Waals surface area contributed by atoms with Crippen LogP contribution >= 0.6 is 0 Å². The minimum atomic E-state index is -0.433. The highest BCUT2D eigenvalue weighted by atomic mass is 16.5. The molecule has 2 heterocycles. The van der Waals surface area contributed by atoms with Crippen molar-refractivity contribution in [2.45, 2.75) is 19.9 Å². The Morgan fingerprint density at radius 1 is 1.48 bits per heavy atom. The highest BCUT2D eigenvalue weighted by molar-refractivity contribution is 5.97. The first-order valence-electron chi connectivity index (χ1n) is 6.85. The van der Waals surface area contributed by atoms with Crippen LogP contribution in [0.2, 0.25) is 0 Å². The number of nitrogen functional groups attached to an aromatic ring is 1. The van der Waals surface area contributed by atoms with Crippen molar-refractivity contribution in [3.8, 4) is 0 Å². The molecule has 0 unspecified atom stereocenters. The zero-order valence-corrected chi connectivity index (χ0v) is 12.0. The minimum absolute atomic E-state index is 0.313. The van der Waals surface area contributed by atoms with Crippen LogP contribution in [0, 0.1) is 0 Å². The molecule has 0 spiro atoms. The smallest absolute Gasteiger partial charge is 0.340 e. The summed E-state index contributed by atoms with van der Waals surface area (Å²) in [6.45, 7) is 3.55. The van der Waals surface area contributed by atoms with Gasteiger partial charge >= 0.3 is 5.97 Å². The lowest BCUT2D eigenvalue weighted by molar-refractivity contribution is 0.0527. The molecule has 0 saturated carbocycles. The Bertz CT molecular complexity index is 583. The van der Waals surface area contributed by atoms with E-state index in [9.17, 15) is 4.79 Å². The van der Waals surface area contributed by atoms with Gasteiger partial charge < -0.3 is 15.8 Å². The van der Waals surface area contributed by atoms with Crippen molar-refractivity contribution in [1.29, 1.82) is 0 Å². The maximum atomic E-state index is 11.7. The molecule has 7 heteroatoms. The first-order chi connectivity index (χ1) is 10.2. The van der Waals surface area contributed by atoms with Gasteiger partial charge in [-0.3, -0.25) is 4.68 Å². The van der Waals surface area contributed by atoms with Crippen LogP contribution < -0.4 is 11.1 Å². The van der Waals surface area contributed by atoms with Gasteiger partial charge in [-0.25, -0.2) is 9.78 Å². The number of aromatic nitrogens is 3. The summed E-state index contributed by atoms with van der Waals surface area (Å²) in [5.41, 5.74) is 6.60. The number of nitrogens with one attached hydrogen (secondary N) is 1. The number of hydrogen-bond donors (Lipinski definition) is 2. The van der Waals surface area contributed by atoms with E-state index in [0.717, 1.165) is 13.0 Å². The number of nitrogens with two attached hydrogens (primary N) is 1. The number of anilines is 2. The van der Waals surface area contributed by atoms with E-state index in [1.54, 1.807) is 25.4 Å². The SMILES string of the molecule is CCOC(=O)c1ccnc(NCCCn2cccn2)c1N. The summed E-state index contributed by atoms with van der Waals surface area (Å²) in [5.74, 6) is 0.0676. The van der Waals surface area contributed by atoms with Crippen molar-refractivity contribution >= 4 is 17.5 Å². The van der Waals surface area contributed by atoms with E-state index in [2.05, 4.69) is 15.4 Å². The number of hydrogen-bond acceptors (Lipinski definition) is 6. The molecule has 2 rings (SSSR count). The molecule has 0 amide bonds. The number of ether oxygens (including phenoxy) is 1. The Labute approximate surface area is 123 Å². The molecule has 2 aromatic rings. The van der Waals surface area contributed by atoms with Gasteiger partial charge in [0.25, 0.3) is 0 Å². The van der Waals surface area contributed by atoms with Crippen LogP contribution in [0.1, 0.15) is 23.7 Å². The van der Waals surface area contributed by atoms with Crippen molar-refractivity contribution in [2.75, 3.05) is 24.2 Å². The third-order valence-electron chi connectivity index (χ3n) is 2.90. The average molecular weight is 289 g/mol. The van der Waals surface area contributed by atoms with Crippen molar-refractivity contribution in [2.24, 2.45) is 0 Å². The van der Waals surface area contributed by atoms with E-state index in [0.29, 0.717) is 30.2 Å². The molecule has 0 aromatic carbocycles. The highest BCUT2D eigenvalue weighted by Crippen LogP contribution is 2.20. The molecule has 0 aliphatic heterocycles. The monoisotopic (exact) mass is 289 g/mol. The molecular formula is C14H19N5O2. The average Bonchev–Trinajstić information content (AvgIpc) is 2.98. The molecule has 0 aliphatic rings. The van der Waals surface area contributed by atoms with Crippen LogP contribution in [0.15, 0.2) is 30.7 Å². The summed E-state index contributed by atoms with van der Waals surface area (Å²) in [6, 6.07) is 3.44. The van der Waals surface area contributed by atoms with Crippen LogP contribution in [0.3, 0.4) is 0 Å². The van der Waals surface area contributed by atoms with Gasteiger partial charge in [-0.05, 0) is 25.5 Å². The Balaban J connectivity index is 1.91. The van der Waals surface area contributed by atoms with Gasteiger partial charge in [0.05, 0.1) is 17.9 Å². The zero-order valence-electron chi connectivity index (χ0n) is 12.0. The van der Waals surface area contributed by atoms with Gasteiger partial charge in [0.2, 0.25) is 0 Å². The van der Waals surface area contributed by atoms with E-state index in [4.69, 9.17) is 10.5 Å². The molecule has 112 valence electrons. The molecular weight excluding hydrogens is 270 g/mol. The molecule has 2 aromatic heterocycles. The number of carbonyl (C=O) groups excluding carboxylic acids is 1. The van der Waals surface area contributed by atoms with E-state index >= 15 is 0 Å². The summed E-state index contributed by atoms with van der Waals surface area (Å²) in [6.07, 6.45) is 6.06. The van der Waals surface area contributed by atoms with Crippen LogP contribution in [0.25, 0.3) is 0 Å². The minimum Gasteiger partial charge on any atom is -0.462 e. The predicted octanol–water partition coefficient (Wildman–Crippen LogP) is 1.54. The summed E-state index contributed by atoms with van der Waals surface area (Å²) in [7, 11) is 0. The van der Waals surface area contributed by atoms with Crippen molar-refractivity contribution < 1.29 is 9.53 Å². The third-order valence-corrected chi connectivity index (χ3v) is 2.90.